The minimum Gasteiger partial charge on any atom is -0.465 e. The number of carbonyl (C=O) groups is 1. The molecule has 7 heteroatoms. The van der Waals surface area contributed by atoms with Crippen molar-refractivity contribution in [2.45, 2.75) is 32.0 Å². The first-order valence-electron chi connectivity index (χ1n) is 4.93. The van der Waals surface area contributed by atoms with Crippen molar-refractivity contribution in [3.63, 3.8) is 0 Å². The van der Waals surface area contributed by atoms with Crippen LogP contribution in [-0.4, -0.2) is 38.0 Å². The molecule has 0 fully saturated rings. The van der Waals surface area contributed by atoms with Crippen LogP contribution in [-0.2, 0) is 14.3 Å². The Labute approximate surface area is 91.9 Å². The smallest absolute Gasteiger partial charge is 0.411 e. The van der Waals surface area contributed by atoms with Gasteiger partial charge in [-0.15, -0.1) is 0 Å². The third-order valence-electron chi connectivity index (χ3n) is 1.66. The summed E-state index contributed by atoms with van der Waals surface area (Å²) in [5.74, 6) is -0.543. The highest BCUT2D eigenvalue weighted by Crippen LogP contribution is 2.14. The molecule has 0 aromatic rings. The van der Waals surface area contributed by atoms with E-state index in [2.05, 4.69) is 9.47 Å². The summed E-state index contributed by atoms with van der Waals surface area (Å²) < 4.78 is 43.9. The fourth-order valence-corrected chi connectivity index (χ4v) is 0.960. The summed E-state index contributed by atoms with van der Waals surface area (Å²) in [5.41, 5.74) is 5.42. The van der Waals surface area contributed by atoms with Gasteiger partial charge in [0.15, 0.2) is 0 Å². The number of nitrogens with two attached hydrogens (primary N) is 1. The Morgan fingerprint density at radius 1 is 1.44 bits per heavy atom. The highest BCUT2D eigenvalue weighted by Gasteiger charge is 2.27. The van der Waals surface area contributed by atoms with Crippen LogP contribution >= 0.6 is 0 Å². The molecule has 1 atom stereocenters. The van der Waals surface area contributed by atoms with Gasteiger partial charge in [-0.1, -0.05) is 0 Å². The van der Waals surface area contributed by atoms with E-state index < -0.39 is 24.8 Å². The van der Waals surface area contributed by atoms with Gasteiger partial charge in [0.1, 0.15) is 12.6 Å². The van der Waals surface area contributed by atoms with Crippen molar-refractivity contribution in [3.8, 4) is 0 Å². The van der Waals surface area contributed by atoms with Gasteiger partial charge in [0, 0.05) is 6.61 Å². The van der Waals surface area contributed by atoms with Crippen LogP contribution in [0, 0.1) is 0 Å². The maximum Gasteiger partial charge on any atom is 0.411 e. The van der Waals surface area contributed by atoms with Gasteiger partial charge >= 0.3 is 12.1 Å². The number of hydrogen-bond donors (Lipinski definition) is 1. The van der Waals surface area contributed by atoms with Gasteiger partial charge in [0.2, 0.25) is 0 Å². The van der Waals surface area contributed by atoms with Crippen LogP contribution < -0.4 is 5.73 Å². The molecule has 0 bridgehead atoms. The zero-order valence-corrected chi connectivity index (χ0v) is 9.05. The minimum absolute atomic E-state index is 0.0768. The lowest BCUT2D eigenvalue weighted by Gasteiger charge is -2.11. The average Bonchev–Trinajstić information content (AvgIpc) is 2.15. The molecule has 0 spiro atoms. The van der Waals surface area contributed by atoms with Gasteiger partial charge < -0.3 is 15.2 Å². The number of ether oxygens (including phenoxy) is 2. The lowest BCUT2D eigenvalue weighted by Crippen LogP contribution is -2.32. The summed E-state index contributed by atoms with van der Waals surface area (Å²) >= 11 is 0. The summed E-state index contributed by atoms with van der Waals surface area (Å²) in [7, 11) is 0. The first-order chi connectivity index (χ1) is 7.37. The second-order valence-electron chi connectivity index (χ2n) is 3.17. The predicted octanol–water partition coefficient (Wildman–Crippen LogP) is 1.24. The molecule has 96 valence electrons. The molecule has 16 heavy (non-hydrogen) atoms. The molecule has 0 rings (SSSR count). The van der Waals surface area contributed by atoms with E-state index in [9.17, 15) is 18.0 Å². The molecular formula is C9H16F3NO3. The van der Waals surface area contributed by atoms with Crippen LogP contribution in [0.2, 0.25) is 0 Å². The molecule has 0 aliphatic heterocycles. The molecule has 0 saturated carbocycles. The highest BCUT2D eigenvalue weighted by molar-refractivity contribution is 5.75. The van der Waals surface area contributed by atoms with Crippen LogP contribution in [0.15, 0.2) is 0 Å². The molecule has 4 nitrogen and oxygen atoms in total. The third-order valence-corrected chi connectivity index (χ3v) is 1.66. The van der Waals surface area contributed by atoms with Crippen LogP contribution in [0.25, 0.3) is 0 Å². The largest absolute Gasteiger partial charge is 0.465 e. The van der Waals surface area contributed by atoms with E-state index in [-0.39, 0.29) is 26.1 Å². The molecule has 0 amide bonds. The number of esters is 1. The summed E-state index contributed by atoms with van der Waals surface area (Å²) in [6, 6.07) is -0.797. The van der Waals surface area contributed by atoms with Gasteiger partial charge in [-0.05, 0) is 19.8 Å². The molecule has 0 heterocycles. The molecular weight excluding hydrogens is 227 g/mol. The van der Waals surface area contributed by atoms with E-state index in [0.717, 1.165) is 0 Å². The maximum absolute atomic E-state index is 11.6. The molecule has 0 aliphatic carbocycles. The zero-order valence-electron chi connectivity index (χ0n) is 9.05. The lowest BCUT2D eigenvalue weighted by atomic mass is 10.2. The number of alkyl halides is 3. The fraction of sp³-hybridized carbons (Fsp3) is 0.889. The topological polar surface area (TPSA) is 61.5 Å². The molecule has 0 aliphatic rings. The van der Waals surface area contributed by atoms with Crippen LogP contribution in [0.4, 0.5) is 13.2 Å². The summed E-state index contributed by atoms with van der Waals surface area (Å²) in [5, 5.41) is 0. The van der Waals surface area contributed by atoms with Crippen LogP contribution in [0.3, 0.4) is 0 Å². The van der Waals surface area contributed by atoms with Crippen molar-refractivity contribution in [1.82, 2.24) is 0 Å². The van der Waals surface area contributed by atoms with E-state index in [1.807, 2.05) is 0 Å². The van der Waals surface area contributed by atoms with Gasteiger partial charge in [0.25, 0.3) is 0 Å². The van der Waals surface area contributed by atoms with E-state index in [1.54, 1.807) is 6.92 Å². The Hall–Kier alpha value is -0.820. The van der Waals surface area contributed by atoms with Crippen LogP contribution in [0.5, 0.6) is 0 Å². The second-order valence-corrected chi connectivity index (χ2v) is 3.17. The van der Waals surface area contributed by atoms with E-state index >= 15 is 0 Å². The zero-order chi connectivity index (χ0) is 12.6. The summed E-state index contributed by atoms with van der Waals surface area (Å²) in [6.07, 6.45) is -3.78. The third kappa shape index (κ3) is 8.49. The van der Waals surface area contributed by atoms with Crippen molar-refractivity contribution < 1.29 is 27.4 Å². The Kier molecular flexibility index (Phi) is 7.07. The van der Waals surface area contributed by atoms with Gasteiger partial charge in [-0.3, -0.25) is 4.79 Å². The number of rotatable bonds is 7. The first-order valence-corrected chi connectivity index (χ1v) is 4.93. The fourth-order valence-electron chi connectivity index (χ4n) is 0.960. The number of halogens is 3. The molecule has 0 aromatic heterocycles. The van der Waals surface area contributed by atoms with Gasteiger partial charge in [-0.2, -0.15) is 13.2 Å². The lowest BCUT2D eigenvalue weighted by molar-refractivity contribution is -0.174. The number of carbonyl (C=O) groups excluding carboxylic acids is 1. The minimum atomic E-state index is -4.32. The molecule has 0 radical (unpaired) electrons. The molecule has 0 aromatic carbocycles. The van der Waals surface area contributed by atoms with Gasteiger partial charge in [-0.25, -0.2) is 0 Å². The highest BCUT2D eigenvalue weighted by atomic mass is 19.4. The molecule has 2 N–H and O–H groups in total. The SMILES string of the molecule is CCOC(=O)C(N)CCCOCC(F)(F)F. The number of hydrogen-bond acceptors (Lipinski definition) is 4. The Bertz CT molecular complexity index is 209. The normalized spacial score (nSPS) is 13.6. The van der Waals surface area contributed by atoms with Crippen molar-refractivity contribution in [3.05, 3.63) is 0 Å². The predicted molar refractivity (Wildman–Crippen MR) is 50.7 cm³/mol. The van der Waals surface area contributed by atoms with E-state index in [4.69, 9.17) is 5.73 Å². The van der Waals surface area contributed by atoms with E-state index in [0.29, 0.717) is 0 Å². The molecule has 1 unspecified atom stereocenters. The standard InChI is InChI=1S/C9H16F3NO3/c1-2-16-8(14)7(13)4-3-5-15-6-9(10,11)12/h7H,2-6,13H2,1H3. The van der Waals surface area contributed by atoms with Gasteiger partial charge in [0.05, 0.1) is 6.61 Å². The first kappa shape index (κ1) is 15.2. The van der Waals surface area contributed by atoms with Crippen molar-refractivity contribution >= 4 is 5.97 Å². The second kappa shape index (κ2) is 7.45. The van der Waals surface area contributed by atoms with Crippen LogP contribution in [0.1, 0.15) is 19.8 Å². The molecule has 0 saturated heterocycles. The Morgan fingerprint density at radius 2 is 2.06 bits per heavy atom. The summed E-state index contributed by atoms with van der Waals surface area (Å²) in [4.78, 5) is 11.0. The maximum atomic E-state index is 11.6. The Morgan fingerprint density at radius 3 is 2.56 bits per heavy atom. The van der Waals surface area contributed by atoms with Crippen molar-refractivity contribution in [2.75, 3.05) is 19.8 Å². The Balaban J connectivity index is 3.48. The van der Waals surface area contributed by atoms with E-state index in [1.165, 1.54) is 0 Å². The summed E-state index contributed by atoms with van der Waals surface area (Å²) in [6.45, 7) is 0.530. The average molecular weight is 243 g/mol. The van der Waals surface area contributed by atoms with Crippen molar-refractivity contribution in [1.29, 1.82) is 0 Å². The quantitative estimate of drug-likeness (QED) is 0.539. The monoisotopic (exact) mass is 243 g/mol. The van der Waals surface area contributed by atoms with Crippen molar-refractivity contribution in [2.24, 2.45) is 5.73 Å².